The van der Waals surface area contributed by atoms with Crippen molar-refractivity contribution in [2.24, 2.45) is 0 Å². The van der Waals surface area contributed by atoms with Crippen molar-refractivity contribution in [1.29, 1.82) is 0 Å². The Morgan fingerprint density at radius 2 is 1.71 bits per heavy atom. The minimum atomic E-state index is -0.373. The molecule has 0 radical (unpaired) electrons. The van der Waals surface area contributed by atoms with Gasteiger partial charge in [-0.05, 0) is 36.2 Å². The van der Waals surface area contributed by atoms with E-state index in [-0.39, 0.29) is 24.1 Å². The van der Waals surface area contributed by atoms with Crippen LogP contribution in [0.15, 0.2) is 48.2 Å². The summed E-state index contributed by atoms with van der Waals surface area (Å²) in [6.45, 7) is 1.69. The second-order valence-corrected chi connectivity index (χ2v) is 7.07. The largest absolute Gasteiger partial charge is 0.497 e. The standard InChI is InChI=1S/C23H24N2O6/c1-28-11-3-10-25-22(26)20(15-4-7-17(29-2)8-5-15)21(23(25)27)24-16-6-9-18-19(14-16)31-13-12-30-18/h4-9,14,24H,3,10-13H2,1-2H3. The quantitative estimate of drug-likeness (QED) is 0.515. The molecule has 8 heteroatoms. The van der Waals surface area contributed by atoms with E-state index in [1.54, 1.807) is 56.7 Å². The van der Waals surface area contributed by atoms with Crippen LogP contribution >= 0.6 is 0 Å². The molecule has 2 aromatic carbocycles. The van der Waals surface area contributed by atoms with Crippen LogP contribution in [-0.4, -0.2) is 57.3 Å². The molecule has 8 nitrogen and oxygen atoms in total. The van der Waals surface area contributed by atoms with E-state index < -0.39 is 0 Å². The van der Waals surface area contributed by atoms with Gasteiger partial charge >= 0.3 is 0 Å². The molecule has 0 fully saturated rings. The van der Waals surface area contributed by atoms with Gasteiger partial charge in [0, 0.05) is 32.0 Å². The zero-order chi connectivity index (χ0) is 21.8. The Bertz CT molecular complexity index is 1020. The average Bonchev–Trinajstić information content (AvgIpc) is 3.03. The number of carbonyl (C=O) groups is 2. The number of rotatable bonds is 8. The van der Waals surface area contributed by atoms with Gasteiger partial charge in [0.05, 0.1) is 12.7 Å². The molecule has 0 aliphatic carbocycles. The molecule has 2 aromatic rings. The summed E-state index contributed by atoms with van der Waals surface area (Å²) in [5, 5.41) is 3.14. The number of hydrogen-bond acceptors (Lipinski definition) is 7. The van der Waals surface area contributed by atoms with Gasteiger partial charge in [0.1, 0.15) is 24.7 Å². The summed E-state index contributed by atoms with van der Waals surface area (Å²) in [5.74, 6) is 1.19. The molecule has 31 heavy (non-hydrogen) atoms. The van der Waals surface area contributed by atoms with Crippen LogP contribution in [0.2, 0.25) is 0 Å². The minimum Gasteiger partial charge on any atom is -0.497 e. The maximum absolute atomic E-state index is 13.2. The van der Waals surface area contributed by atoms with E-state index in [9.17, 15) is 9.59 Å². The maximum Gasteiger partial charge on any atom is 0.278 e. The summed E-state index contributed by atoms with van der Waals surface area (Å²) in [7, 11) is 3.16. The van der Waals surface area contributed by atoms with Crippen LogP contribution in [0, 0.1) is 0 Å². The van der Waals surface area contributed by atoms with E-state index >= 15 is 0 Å². The number of carbonyl (C=O) groups excluding carboxylic acids is 2. The fraction of sp³-hybridized carbons (Fsp3) is 0.304. The lowest BCUT2D eigenvalue weighted by Crippen LogP contribution is -2.33. The molecule has 0 saturated carbocycles. The van der Waals surface area contributed by atoms with Crippen LogP contribution < -0.4 is 19.5 Å². The highest BCUT2D eigenvalue weighted by Crippen LogP contribution is 2.35. The van der Waals surface area contributed by atoms with Crippen LogP contribution in [0.25, 0.3) is 5.57 Å². The molecule has 2 aliphatic rings. The van der Waals surface area contributed by atoms with Crippen molar-refractivity contribution in [1.82, 2.24) is 4.90 Å². The van der Waals surface area contributed by atoms with Gasteiger partial charge < -0.3 is 24.3 Å². The van der Waals surface area contributed by atoms with Crippen LogP contribution in [0.4, 0.5) is 5.69 Å². The number of benzene rings is 2. The lowest BCUT2D eigenvalue weighted by molar-refractivity contribution is -0.136. The number of methoxy groups -OCH3 is 2. The molecule has 0 aromatic heterocycles. The first kappa shape index (κ1) is 20.7. The Balaban J connectivity index is 1.68. The predicted molar refractivity (Wildman–Crippen MR) is 114 cm³/mol. The number of amides is 2. The summed E-state index contributed by atoms with van der Waals surface area (Å²) < 4.78 is 21.5. The smallest absolute Gasteiger partial charge is 0.278 e. The Morgan fingerprint density at radius 3 is 2.42 bits per heavy atom. The average molecular weight is 424 g/mol. The molecular weight excluding hydrogens is 400 g/mol. The monoisotopic (exact) mass is 424 g/mol. The van der Waals surface area contributed by atoms with Gasteiger partial charge in [0.15, 0.2) is 11.5 Å². The number of ether oxygens (including phenoxy) is 4. The summed E-state index contributed by atoms with van der Waals surface area (Å²) in [6, 6.07) is 12.4. The van der Waals surface area contributed by atoms with Crippen molar-refractivity contribution in [3.63, 3.8) is 0 Å². The van der Waals surface area contributed by atoms with Gasteiger partial charge in [-0.3, -0.25) is 14.5 Å². The molecule has 1 N–H and O–H groups in total. The van der Waals surface area contributed by atoms with Gasteiger partial charge in [-0.2, -0.15) is 0 Å². The first-order valence-electron chi connectivity index (χ1n) is 10.0. The van der Waals surface area contributed by atoms with Crippen LogP contribution in [0.5, 0.6) is 17.2 Å². The molecule has 2 aliphatic heterocycles. The fourth-order valence-corrected chi connectivity index (χ4v) is 3.55. The molecule has 0 bridgehead atoms. The predicted octanol–water partition coefficient (Wildman–Crippen LogP) is 2.69. The normalized spacial score (nSPS) is 15.5. The number of nitrogens with one attached hydrogen (secondary N) is 1. The maximum atomic E-state index is 13.2. The molecule has 2 amide bonds. The molecule has 162 valence electrons. The lowest BCUT2D eigenvalue weighted by Gasteiger charge is -2.19. The minimum absolute atomic E-state index is 0.226. The van der Waals surface area contributed by atoms with Gasteiger partial charge in [-0.25, -0.2) is 0 Å². The Labute approximate surface area is 180 Å². The van der Waals surface area contributed by atoms with Gasteiger partial charge in [0.2, 0.25) is 0 Å². The van der Waals surface area contributed by atoms with E-state index in [2.05, 4.69) is 5.32 Å². The SMILES string of the molecule is COCCCN1C(=O)C(Nc2ccc3c(c2)OCCO3)=C(c2ccc(OC)cc2)C1=O. The summed E-state index contributed by atoms with van der Waals surface area (Å²) in [6.07, 6.45) is 0.557. The number of fused-ring (bicyclic) bond motifs is 1. The first-order chi connectivity index (χ1) is 15.1. The van der Waals surface area contributed by atoms with E-state index in [1.165, 1.54) is 4.90 Å². The van der Waals surface area contributed by atoms with E-state index in [1.807, 2.05) is 0 Å². The van der Waals surface area contributed by atoms with Crippen LogP contribution in [0.3, 0.4) is 0 Å². The Hall–Kier alpha value is -3.52. The molecule has 4 rings (SSSR count). The third-order valence-corrected chi connectivity index (χ3v) is 5.09. The van der Waals surface area contributed by atoms with Gasteiger partial charge in [-0.15, -0.1) is 0 Å². The number of anilines is 1. The molecule has 0 atom stereocenters. The first-order valence-corrected chi connectivity index (χ1v) is 10.0. The lowest BCUT2D eigenvalue weighted by atomic mass is 10.0. The fourth-order valence-electron chi connectivity index (χ4n) is 3.55. The van der Waals surface area contributed by atoms with Gasteiger partial charge in [0.25, 0.3) is 11.8 Å². The van der Waals surface area contributed by atoms with Crippen molar-refractivity contribution in [3.8, 4) is 17.2 Å². The number of hydrogen-bond donors (Lipinski definition) is 1. The molecule has 0 saturated heterocycles. The highest BCUT2D eigenvalue weighted by atomic mass is 16.6. The van der Waals surface area contributed by atoms with Crippen molar-refractivity contribution < 1.29 is 28.5 Å². The third-order valence-electron chi connectivity index (χ3n) is 5.09. The molecule has 0 spiro atoms. The van der Waals surface area contributed by atoms with E-state index in [0.29, 0.717) is 60.3 Å². The van der Waals surface area contributed by atoms with Crippen molar-refractivity contribution in [2.75, 3.05) is 45.9 Å². The topological polar surface area (TPSA) is 86.3 Å². The van der Waals surface area contributed by atoms with Gasteiger partial charge in [-0.1, -0.05) is 12.1 Å². The highest BCUT2D eigenvalue weighted by Gasteiger charge is 2.39. The van der Waals surface area contributed by atoms with Crippen molar-refractivity contribution >= 4 is 23.1 Å². The Kier molecular flexibility index (Phi) is 6.08. The van der Waals surface area contributed by atoms with Crippen molar-refractivity contribution in [2.45, 2.75) is 6.42 Å². The number of nitrogens with zero attached hydrogens (tertiary/aromatic N) is 1. The summed E-state index contributed by atoms with van der Waals surface area (Å²) in [4.78, 5) is 27.6. The van der Waals surface area contributed by atoms with Crippen LogP contribution in [-0.2, 0) is 14.3 Å². The third kappa shape index (κ3) is 4.20. The second-order valence-electron chi connectivity index (χ2n) is 7.07. The zero-order valence-electron chi connectivity index (χ0n) is 17.5. The second kappa shape index (κ2) is 9.09. The van der Waals surface area contributed by atoms with Crippen molar-refractivity contribution in [3.05, 3.63) is 53.7 Å². The highest BCUT2D eigenvalue weighted by molar-refractivity contribution is 6.36. The van der Waals surface area contributed by atoms with E-state index in [0.717, 1.165) is 0 Å². The molecular formula is C23H24N2O6. The van der Waals surface area contributed by atoms with Crippen LogP contribution in [0.1, 0.15) is 12.0 Å². The zero-order valence-corrected chi connectivity index (χ0v) is 17.5. The Morgan fingerprint density at radius 1 is 0.968 bits per heavy atom. The molecule has 0 unspecified atom stereocenters. The number of imide groups is 1. The summed E-state index contributed by atoms with van der Waals surface area (Å²) in [5.41, 5.74) is 1.81. The van der Waals surface area contributed by atoms with E-state index in [4.69, 9.17) is 18.9 Å². The molecule has 2 heterocycles. The summed E-state index contributed by atoms with van der Waals surface area (Å²) >= 11 is 0.